The molecule has 28 heavy (non-hydrogen) atoms. The molecule has 0 saturated carbocycles. The third-order valence-electron chi connectivity index (χ3n) is 4.05. The molecule has 0 amide bonds. The molecule has 1 heterocycles. The van der Waals surface area contributed by atoms with E-state index in [1.54, 1.807) is 43.9 Å². The van der Waals surface area contributed by atoms with Crippen molar-refractivity contribution in [1.29, 1.82) is 5.26 Å². The smallest absolute Gasteiger partial charge is 0.154 e. The predicted molar refractivity (Wildman–Crippen MR) is 114 cm³/mol. The Hall–Kier alpha value is -2.62. The highest BCUT2D eigenvalue weighted by Crippen LogP contribution is 2.31. The zero-order valence-corrected chi connectivity index (χ0v) is 17.3. The summed E-state index contributed by atoms with van der Waals surface area (Å²) in [7, 11) is 3.32. The molecular formula is C22H20N2O2S2. The van der Waals surface area contributed by atoms with Crippen molar-refractivity contribution in [2.45, 2.75) is 21.3 Å². The first-order chi connectivity index (χ1) is 13.7. The summed E-state index contributed by atoms with van der Waals surface area (Å²) in [4.78, 5) is 6.28. The summed E-state index contributed by atoms with van der Waals surface area (Å²) < 4.78 is 10.4. The van der Waals surface area contributed by atoms with Crippen LogP contribution in [0, 0.1) is 11.3 Å². The normalized spacial score (nSPS) is 10.3. The molecule has 0 bridgehead atoms. The monoisotopic (exact) mass is 408 g/mol. The van der Waals surface area contributed by atoms with E-state index in [1.165, 1.54) is 11.1 Å². The van der Waals surface area contributed by atoms with Gasteiger partial charge in [-0.2, -0.15) is 5.26 Å². The first-order valence-electron chi connectivity index (χ1n) is 8.63. The Kier molecular flexibility index (Phi) is 7.24. The van der Waals surface area contributed by atoms with Gasteiger partial charge in [-0.05, 0) is 41.5 Å². The maximum Gasteiger partial charge on any atom is 0.154 e. The van der Waals surface area contributed by atoms with Crippen molar-refractivity contribution in [3.63, 3.8) is 0 Å². The van der Waals surface area contributed by atoms with Crippen LogP contribution in [0.25, 0.3) is 0 Å². The van der Waals surface area contributed by atoms with Gasteiger partial charge >= 0.3 is 0 Å². The van der Waals surface area contributed by atoms with Gasteiger partial charge in [-0.25, -0.2) is 4.98 Å². The molecule has 0 spiro atoms. The molecule has 0 unspecified atom stereocenters. The molecule has 0 aliphatic rings. The number of benzene rings is 2. The van der Waals surface area contributed by atoms with Crippen LogP contribution in [-0.4, -0.2) is 19.2 Å². The van der Waals surface area contributed by atoms with E-state index in [0.29, 0.717) is 5.69 Å². The number of hydrogen-bond donors (Lipinski definition) is 0. The van der Waals surface area contributed by atoms with E-state index in [9.17, 15) is 5.26 Å². The Labute approximate surface area is 173 Å². The quantitative estimate of drug-likeness (QED) is 0.455. The van der Waals surface area contributed by atoms with E-state index in [-0.39, 0.29) is 0 Å². The van der Waals surface area contributed by atoms with Gasteiger partial charge in [0.25, 0.3) is 0 Å². The number of nitriles is 1. The van der Waals surface area contributed by atoms with Gasteiger partial charge in [-0.1, -0.05) is 24.3 Å². The molecular weight excluding hydrogens is 388 g/mol. The van der Waals surface area contributed by atoms with E-state index in [1.807, 2.05) is 42.5 Å². The zero-order chi connectivity index (χ0) is 19.8. The highest BCUT2D eigenvalue weighted by molar-refractivity contribution is 7.99. The molecule has 0 N–H and O–H groups in total. The summed E-state index contributed by atoms with van der Waals surface area (Å²) in [6.45, 7) is 0. The average molecular weight is 409 g/mol. The Morgan fingerprint density at radius 3 is 1.89 bits per heavy atom. The molecule has 0 fully saturated rings. The molecule has 0 saturated heterocycles. The van der Waals surface area contributed by atoms with Crippen LogP contribution in [0.4, 0.5) is 0 Å². The lowest BCUT2D eigenvalue weighted by molar-refractivity contribution is 0.414. The van der Waals surface area contributed by atoms with E-state index in [0.717, 1.165) is 32.8 Å². The third-order valence-corrected chi connectivity index (χ3v) is 6.19. The molecule has 2 aromatic carbocycles. The van der Waals surface area contributed by atoms with Crippen LogP contribution in [0.2, 0.25) is 0 Å². The Morgan fingerprint density at radius 1 is 0.857 bits per heavy atom. The van der Waals surface area contributed by atoms with Gasteiger partial charge in [0.05, 0.1) is 14.2 Å². The number of nitrogens with zero attached hydrogens (tertiary/aromatic N) is 2. The predicted octanol–water partition coefficient (Wildman–Crippen LogP) is 5.56. The van der Waals surface area contributed by atoms with Crippen LogP contribution >= 0.6 is 23.5 Å². The molecule has 6 heteroatoms. The van der Waals surface area contributed by atoms with Gasteiger partial charge < -0.3 is 9.47 Å². The average Bonchev–Trinajstić information content (AvgIpc) is 2.77. The fourth-order valence-electron chi connectivity index (χ4n) is 2.47. The van der Waals surface area contributed by atoms with Crippen molar-refractivity contribution in [1.82, 2.24) is 4.98 Å². The number of pyridine rings is 1. The number of rotatable bonds is 8. The number of hydrogen-bond acceptors (Lipinski definition) is 6. The molecule has 0 radical (unpaired) electrons. The van der Waals surface area contributed by atoms with Crippen molar-refractivity contribution < 1.29 is 9.47 Å². The number of thioether (sulfide) groups is 2. The minimum absolute atomic E-state index is 0.465. The Bertz CT molecular complexity index is 952. The van der Waals surface area contributed by atoms with Gasteiger partial charge in [0.2, 0.25) is 0 Å². The van der Waals surface area contributed by atoms with Gasteiger partial charge in [0.1, 0.15) is 17.6 Å². The molecule has 0 atom stereocenters. The molecule has 142 valence electrons. The molecule has 3 aromatic rings. The van der Waals surface area contributed by atoms with Crippen molar-refractivity contribution in [2.75, 3.05) is 14.2 Å². The second kappa shape index (κ2) is 10.1. The zero-order valence-electron chi connectivity index (χ0n) is 15.7. The largest absolute Gasteiger partial charge is 0.497 e. The van der Waals surface area contributed by atoms with Crippen molar-refractivity contribution in [3.05, 3.63) is 77.6 Å². The van der Waals surface area contributed by atoms with Crippen LogP contribution < -0.4 is 9.47 Å². The van der Waals surface area contributed by atoms with Gasteiger partial charge in [-0.3, -0.25) is 0 Å². The maximum atomic E-state index is 9.37. The van der Waals surface area contributed by atoms with E-state index >= 15 is 0 Å². The third kappa shape index (κ3) is 5.44. The molecule has 0 aliphatic heterocycles. The topological polar surface area (TPSA) is 55.1 Å². The van der Waals surface area contributed by atoms with Gasteiger partial charge in [-0.15, -0.1) is 23.5 Å². The van der Waals surface area contributed by atoms with Crippen molar-refractivity contribution in [3.8, 4) is 17.6 Å². The number of aromatic nitrogens is 1. The Balaban J connectivity index is 1.65. The maximum absolute atomic E-state index is 9.37. The molecule has 1 aromatic heterocycles. The van der Waals surface area contributed by atoms with Gasteiger partial charge in [0, 0.05) is 27.5 Å². The minimum Gasteiger partial charge on any atom is -0.497 e. The lowest BCUT2D eigenvalue weighted by Crippen LogP contribution is -1.90. The van der Waals surface area contributed by atoms with Crippen LogP contribution in [0.1, 0.15) is 16.8 Å². The highest BCUT2D eigenvalue weighted by Gasteiger charge is 2.08. The summed E-state index contributed by atoms with van der Waals surface area (Å²) in [5.74, 6) is 3.30. The van der Waals surface area contributed by atoms with Crippen molar-refractivity contribution >= 4 is 23.5 Å². The lowest BCUT2D eigenvalue weighted by Gasteiger charge is -2.08. The molecule has 3 rings (SSSR count). The van der Waals surface area contributed by atoms with Crippen LogP contribution in [-0.2, 0) is 11.5 Å². The molecule has 4 nitrogen and oxygen atoms in total. The lowest BCUT2D eigenvalue weighted by atomic mass is 10.2. The first-order valence-corrected chi connectivity index (χ1v) is 10.6. The summed E-state index contributed by atoms with van der Waals surface area (Å²) in [6, 6.07) is 20.2. The number of ether oxygens (including phenoxy) is 2. The molecule has 0 aliphatic carbocycles. The fraction of sp³-hybridized carbons (Fsp3) is 0.182. The van der Waals surface area contributed by atoms with Crippen LogP contribution in [0.5, 0.6) is 11.5 Å². The summed E-state index contributed by atoms with van der Waals surface area (Å²) in [5, 5.41) is 9.37. The first kappa shape index (κ1) is 20.1. The SMILES string of the molecule is COc1ccc(CSc2cnc(C#N)c(SCc3ccc(OC)cc3)c2)cc1. The fourth-order valence-corrected chi connectivity index (χ4v) is 4.36. The Morgan fingerprint density at radius 2 is 1.39 bits per heavy atom. The number of methoxy groups -OCH3 is 2. The highest BCUT2D eigenvalue weighted by atomic mass is 32.2. The summed E-state index contributed by atoms with van der Waals surface area (Å²) >= 11 is 3.33. The van der Waals surface area contributed by atoms with Crippen LogP contribution in [0.15, 0.2) is 70.6 Å². The van der Waals surface area contributed by atoms with E-state index in [4.69, 9.17) is 9.47 Å². The second-order valence-electron chi connectivity index (χ2n) is 5.90. The van der Waals surface area contributed by atoms with Gasteiger partial charge in [0.15, 0.2) is 5.69 Å². The standard InChI is InChI=1S/C22H20N2O2S2/c1-25-18-7-3-16(4-8-18)14-27-20-11-22(21(12-23)24-13-20)28-15-17-5-9-19(26-2)10-6-17/h3-11,13H,14-15H2,1-2H3. The van der Waals surface area contributed by atoms with Crippen LogP contribution in [0.3, 0.4) is 0 Å². The van der Waals surface area contributed by atoms with Crippen molar-refractivity contribution in [2.24, 2.45) is 0 Å². The summed E-state index contributed by atoms with van der Waals surface area (Å²) in [5.41, 5.74) is 2.85. The second-order valence-corrected chi connectivity index (χ2v) is 7.97. The van der Waals surface area contributed by atoms with E-state index in [2.05, 4.69) is 23.2 Å². The summed E-state index contributed by atoms with van der Waals surface area (Å²) in [6.07, 6.45) is 1.77. The van der Waals surface area contributed by atoms with E-state index < -0.39 is 0 Å². The minimum atomic E-state index is 0.465.